The SMILES string of the molecule is CCCCCSc1ncc(CNCC)cc1C. The molecule has 1 heterocycles. The summed E-state index contributed by atoms with van der Waals surface area (Å²) in [6, 6.07) is 2.25. The van der Waals surface area contributed by atoms with Crippen molar-refractivity contribution in [2.45, 2.75) is 51.6 Å². The molecule has 0 aromatic carbocycles. The summed E-state index contributed by atoms with van der Waals surface area (Å²) in [6.07, 6.45) is 5.90. The van der Waals surface area contributed by atoms with Crippen LogP contribution in [0.3, 0.4) is 0 Å². The minimum absolute atomic E-state index is 0.922. The molecule has 1 rings (SSSR count). The molecule has 0 saturated carbocycles. The van der Waals surface area contributed by atoms with E-state index in [0.717, 1.165) is 13.1 Å². The molecule has 0 aliphatic carbocycles. The lowest BCUT2D eigenvalue weighted by atomic mass is 10.2. The van der Waals surface area contributed by atoms with E-state index in [1.807, 2.05) is 18.0 Å². The zero-order valence-electron chi connectivity index (χ0n) is 11.3. The topological polar surface area (TPSA) is 24.9 Å². The Morgan fingerprint density at radius 3 is 2.76 bits per heavy atom. The Bertz CT molecular complexity index is 326. The maximum atomic E-state index is 4.55. The second-order valence-corrected chi connectivity index (χ2v) is 5.39. The van der Waals surface area contributed by atoms with Crippen LogP contribution < -0.4 is 5.32 Å². The Kier molecular flexibility index (Phi) is 7.29. The van der Waals surface area contributed by atoms with E-state index in [9.17, 15) is 0 Å². The fourth-order valence-corrected chi connectivity index (χ4v) is 2.61. The van der Waals surface area contributed by atoms with Crippen LogP contribution in [0.15, 0.2) is 17.3 Å². The van der Waals surface area contributed by atoms with Crippen molar-refractivity contribution in [3.8, 4) is 0 Å². The second kappa shape index (κ2) is 8.54. The molecular weight excluding hydrogens is 228 g/mol. The van der Waals surface area contributed by atoms with Gasteiger partial charge in [-0.2, -0.15) is 0 Å². The first kappa shape index (κ1) is 14.5. The van der Waals surface area contributed by atoms with E-state index in [2.05, 4.69) is 37.1 Å². The molecule has 0 fully saturated rings. The second-order valence-electron chi connectivity index (χ2n) is 4.30. The molecule has 0 aliphatic heterocycles. The Labute approximate surface area is 110 Å². The number of nitrogens with one attached hydrogen (secondary N) is 1. The molecule has 0 aliphatic rings. The third kappa shape index (κ3) is 5.55. The molecule has 2 nitrogen and oxygen atoms in total. The minimum Gasteiger partial charge on any atom is -0.313 e. The lowest BCUT2D eigenvalue weighted by Crippen LogP contribution is -2.12. The summed E-state index contributed by atoms with van der Waals surface area (Å²) in [4.78, 5) is 4.55. The molecule has 96 valence electrons. The third-order valence-electron chi connectivity index (χ3n) is 2.65. The van der Waals surface area contributed by atoms with Crippen molar-refractivity contribution in [1.82, 2.24) is 10.3 Å². The Hall–Kier alpha value is -0.540. The van der Waals surface area contributed by atoms with Gasteiger partial charge in [0.1, 0.15) is 0 Å². The standard InChI is InChI=1S/C14H24N2S/c1-4-6-7-8-17-14-12(3)9-13(11-16-14)10-15-5-2/h9,11,15H,4-8,10H2,1-3H3. The molecule has 0 amide bonds. The summed E-state index contributed by atoms with van der Waals surface area (Å²) in [6.45, 7) is 8.45. The molecule has 0 saturated heterocycles. The highest BCUT2D eigenvalue weighted by Gasteiger charge is 2.02. The van der Waals surface area contributed by atoms with Gasteiger partial charge >= 0.3 is 0 Å². The van der Waals surface area contributed by atoms with Gasteiger partial charge in [0.2, 0.25) is 0 Å². The molecular formula is C14H24N2S. The highest BCUT2D eigenvalue weighted by molar-refractivity contribution is 7.99. The van der Waals surface area contributed by atoms with E-state index in [4.69, 9.17) is 0 Å². The summed E-state index contributed by atoms with van der Waals surface area (Å²) in [5.41, 5.74) is 2.59. The number of pyridine rings is 1. The van der Waals surface area contributed by atoms with Gasteiger partial charge in [0.25, 0.3) is 0 Å². The molecule has 0 radical (unpaired) electrons. The van der Waals surface area contributed by atoms with Gasteiger partial charge in [-0.1, -0.05) is 32.8 Å². The van der Waals surface area contributed by atoms with Gasteiger partial charge in [0.05, 0.1) is 5.03 Å². The van der Waals surface area contributed by atoms with Crippen LogP contribution in [-0.4, -0.2) is 17.3 Å². The van der Waals surface area contributed by atoms with Crippen LogP contribution >= 0.6 is 11.8 Å². The third-order valence-corrected chi connectivity index (χ3v) is 3.85. The Morgan fingerprint density at radius 2 is 2.12 bits per heavy atom. The fraction of sp³-hybridized carbons (Fsp3) is 0.643. The normalized spacial score (nSPS) is 10.8. The first-order chi connectivity index (χ1) is 8.27. The van der Waals surface area contributed by atoms with E-state index in [1.165, 1.54) is 41.2 Å². The van der Waals surface area contributed by atoms with E-state index >= 15 is 0 Å². The molecule has 0 bridgehead atoms. The van der Waals surface area contributed by atoms with Crippen molar-refractivity contribution in [3.05, 3.63) is 23.4 Å². The van der Waals surface area contributed by atoms with Crippen molar-refractivity contribution in [2.75, 3.05) is 12.3 Å². The van der Waals surface area contributed by atoms with Crippen molar-refractivity contribution < 1.29 is 0 Å². The lowest BCUT2D eigenvalue weighted by Gasteiger charge is -2.07. The van der Waals surface area contributed by atoms with E-state index in [1.54, 1.807) is 0 Å². The number of hydrogen-bond donors (Lipinski definition) is 1. The van der Waals surface area contributed by atoms with Crippen LogP contribution in [0, 0.1) is 6.92 Å². The predicted molar refractivity (Wildman–Crippen MR) is 76.6 cm³/mol. The Balaban J connectivity index is 2.45. The number of aromatic nitrogens is 1. The summed E-state index contributed by atoms with van der Waals surface area (Å²) >= 11 is 1.89. The number of hydrogen-bond acceptors (Lipinski definition) is 3. The van der Waals surface area contributed by atoms with Gasteiger partial charge in [0.15, 0.2) is 0 Å². The average molecular weight is 252 g/mol. The molecule has 1 aromatic heterocycles. The summed E-state index contributed by atoms with van der Waals surface area (Å²) in [5.74, 6) is 1.19. The highest BCUT2D eigenvalue weighted by atomic mass is 32.2. The largest absolute Gasteiger partial charge is 0.313 e. The van der Waals surface area contributed by atoms with Crippen molar-refractivity contribution >= 4 is 11.8 Å². The van der Waals surface area contributed by atoms with Crippen LogP contribution in [0.2, 0.25) is 0 Å². The number of nitrogens with zero attached hydrogens (tertiary/aromatic N) is 1. The minimum atomic E-state index is 0.922. The molecule has 3 heteroatoms. The van der Waals surface area contributed by atoms with Crippen LogP contribution in [0.25, 0.3) is 0 Å². The maximum Gasteiger partial charge on any atom is 0.0989 e. The van der Waals surface area contributed by atoms with Crippen molar-refractivity contribution in [1.29, 1.82) is 0 Å². The summed E-state index contributed by atoms with van der Waals surface area (Å²) in [5, 5.41) is 4.52. The summed E-state index contributed by atoms with van der Waals surface area (Å²) in [7, 11) is 0. The number of aryl methyl sites for hydroxylation is 1. The van der Waals surface area contributed by atoms with Gasteiger partial charge in [-0.3, -0.25) is 0 Å². The van der Waals surface area contributed by atoms with Gasteiger partial charge in [-0.15, -0.1) is 11.8 Å². The number of unbranched alkanes of at least 4 members (excludes halogenated alkanes) is 2. The van der Waals surface area contributed by atoms with Crippen LogP contribution in [0.1, 0.15) is 44.2 Å². The van der Waals surface area contributed by atoms with Crippen molar-refractivity contribution in [2.24, 2.45) is 0 Å². The molecule has 0 spiro atoms. The number of rotatable bonds is 8. The van der Waals surface area contributed by atoms with E-state index in [-0.39, 0.29) is 0 Å². The van der Waals surface area contributed by atoms with E-state index in [0.29, 0.717) is 0 Å². The van der Waals surface area contributed by atoms with Crippen LogP contribution in [0.5, 0.6) is 0 Å². The van der Waals surface area contributed by atoms with Gasteiger partial charge in [0, 0.05) is 12.7 Å². The van der Waals surface area contributed by atoms with Crippen molar-refractivity contribution in [3.63, 3.8) is 0 Å². The molecule has 1 N–H and O–H groups in total. The van der Waals surface area contributed by atoms with Gasteiger partial charge < -0.3 is 5.32 Å². The highest BCUT2D eigenvalue weighted by Crippen LogP contribution is 2.21. The Morgan fingerprint density at radius 1 is 1.29 bits per heavy atom. The quantitative estimate of drug-likeness (QED) is 0.563. The first-order valence-electron chi connectivity index (χ1n) is 6.57. The average Bonchev–Trinajstić information content (AvgIpc) is 2.34. The maximum absolute atomic E-state index is 4.55. The lowest BCUT2D eigenvalue weighted by molar-refractivity contribution is 0.721. The monoisotopic (exact) mass is 252 g/mol. The van der Waals surface area contributed by atoms with Crippen LogP contribution in [0.4, 0.5) is 0 Å². The van der Waals surface area contributed by atoms with Gasteiger partial charge in [-0.05, 0) is 36.8 Å². The smallest absolute Gasteiger partial charge is 0.0989 e. The molecule has 1 aromatic rings. The molecule has 17 heavy (non-hydrogen) atoms. The van der Waals surface area contributed by atoms with Gasteiger partial charge in [-0.25, -0.2) is 4.98 Å². The zero-order valence-corrected chi connectivity index (χ0v) is 12.1. The fourth-order valence-electron chi connectivity index (χ4n) is 1.66. The van der Waals surface area contributed by atoms with E-state index < -0.39 is 0 Å². The molecule has 0 atom stereocenters. The predicted octanol–water partition coefficient (Wildman–Crippen LogP) is 3.78. The van der Waals surface area contributed by atoms with Crippen LogP contribution in [-0.2, 0) is 6.54 Å². The molecule has 0 unspecified atom stereocenters. The summed E-state index contributed by atoms with van der Waals surface area (Å²) < 4.78 is 0. The first-order valence-corrected chi connectivity index (χ1v) is 7.55. The zero-order chi connectivity index (χ0) is 12.5. The number of thioether (sulfide) groups is 1.